The summed E-state index contributed by atoms with van der Waals surface area (Å²) in [6, 6.07) is 14.1. The average molecular weight is 512 g/mol. The molecule has 1 atom stereocenters. The largest absolute Gasteiger partial charge is 0.506 e. The molecule has 0 aliphatic carbocycles. The minimum atomic E-state index is -2.33. The van der Waals surface area contributed by atoms with E-state index >= 15 is 0 Å². The first-order valence-corrected chi connectivity index (χ1v) is 15.0. The Balaban J connectivity index is 1.98. The molecule has 0 saturated heterocycles. The molecule has 0 spiro atoms. The van der Waals surface area contributed by atoms with Gasteiger partial charge in [0.1, 0.15) is 5.75 Å². The smallest absolute Gasteiger partial charge is 0.407 e. The number of hydrogen-bond acceptors (Lipinski definition) is 5. The van der Waals surface area contributed by atoms with E-state index in [1.807, 2.05) is 24.3 Å². The van der Waals surface area contributed by atoms with Crippen molar-refractivity contribution < 1.29 is 19.4 Å². The van der Waals surface area contributed by atoms with Crippen LogP contribution in [0, 0.1) is 0 Å². The van der Waals surface area contributed by atoms with Gasteiger partial charge in [-0.15, -0.1) is 0 Å². The Morgan fingerprint density at radius 3 is 2.31 bits per heavy atom. The van der Waals surface area contributed by atoms with E-state index in [0.717, 1.165) is 16.7 Å². The van der Waals surface area contributed by atoms with Crippen LogP contribution in [-0.2, 0) is 17.4 Å². The minimum Gasteiger partial charge on any atom is -0.506 e. The molecule has 2 aromatic carbocycles. The van der Waals surface area contributed by atoms with Crippen molar-refractivity contribution in [1.29, 1.82) is 0 Å². The molecule has 5 N–H and O–H groups in total. The predicted molar refractivity (Wildman–Crippen MR) is 145 cm³/mol. The van der Waals surface area contributed by atoms with Crippen LogP contribution in [0.3, 0.4) is 0 Å². The number of benzene rings is 2. The van der Waals surface area contributed by atoms with Crippen molar-refractivity contribution in [1.82, 2.24) is 9.88 Å². The lowest BCUT2D eigenvalue weighted by atomic mass is 10.0. The van der Waals surface area contributed by atoms with Gasteiger partial charge in [0.25, 0.3) is 0 Å². The van der Waals surface area contributed by atoms with Crippen molar-refractivity contribution >= 4 is 25.3 Å². The van der Waals surface area contributed by atoms with Gasteiger partial charge in [0, 0.05) is 24.5 Å². The number of aromatic hydroxyl groups is 1. The number of nitrogens with two attached hydrogens (primary N) is 1. The number of carboxylic acid groups (broad SMARTS) is 1. The molecule has 0 unspecified atom stereocenters. The predicted octanol–water partition coefficient (Wildman–Crippen LogP) is 4.98. The van der Waals surface area contributed by atoms with Crippen molar-refractivity contribution in [3.8, 4) is 5.75 Å². The van der Waals surface area contributed by atoms with Gasteiger partial charge in [0.05, 0.1) is 18.2 Å². The highest BCUT2D eigenvalue weighted by atomic mass is 28.4. The highest BCUT2D eigenvalue weighted by Gasteiger charge is 2.40. The standard InChI is InChI=1S/C27H37N3O5Si/c1-27(2,3)36(4,5)35-23(20-10-12-22(31)25-21(20)11-13-24(32)29-25)17-30(26(33)34)15-14-18-6-8-19(16-28)9-7-18/h6-13,23,31H,14-17,28H2,1-5H3,(H,29,32)(H,33,34)/t23-/m0/s1. The fourth-order valence-corrected chi connectivity index (χ4v) is 5.11. The Morgan fingerprint density at radius 1 is 1.08 bits per heavy atom. The van der Waals surface area contributed by atoms with Crippen molar-refractivity contribution in [3.05, 3.63) is 75.6 Å². The van der Waals surface area contributed by atoms with E-state index in [0.29, 0.717) is 30.4 Å². The van der Waals surface area contributed by atoms with E-state index in [1.54, 1.807) is 12.1 Å². The lowest BCUT2D eigenvalue weighted by molar-refractivity contribution is 0.102. The van der Waals surface area contributed by atoms with Crippen LogP contribution in [0.15, 0.2) is 53.3 Å². The molecular formula is C27H37N3O5Si. The number of phenolic OH excluding ortho intramolecular Hbond substituents is 1. The fourth-order valence-electron chi connectivity index (χ4n) is 3.84. The van der Waals surface area contributed by atoms with Crippen LogP contribution in [0.4, 0.5) is 4.79 Å². The molecule has 194 valence electrons. The monoisotopic (exact) mass is 511 g/mol. The third kappa shape index (κ3) is 6.34. The van der Waals surface area contributed by atoms with Gasteiger partial charge in [-0.3, -0.25) is 4.79 Å². The molecule has 0 aliphatic heterocycles. The zero-order chi connectivity index (χ0) is 26.7. The third-order valence-corrected chi connectivity index (χ3v) is 11.6. The maximum atomic E-state index is 12.3. The summed E-state index contributed by atoms with van der Waals surface area (Å²) in [5, 5.41) is 20.9. The van der Waals surface area contributed by atoms with E-state index in [-0.39, 0.29) is 22.9 Å². The maximum Gasteiger partial charge on any atom is 0.407 e. The summed E-state index contributed by atoms with van der Waals surface area (Å²) in [4.78, 5) is 28.3. The Kier molecular flexibility index (Phi) is 8.28. The number of nitrogens with one attached hydrogen (secondary N) is 1. The Labute approximate surface area is 212 Å². The summed E-state index contributed by atoms with van der Waals surface area (Å²) in [7, 11) is -2.33. The lowest BCUT2D eigenvalue weighted by Gasteiger charge is -2.40. The second-order valence-electron chi connectivity index (χ2n) is 10.7. The fraction of sp³-hybridized carbons (Fsp3) is 0.407. The van der Waals surface area contributed by atoms with E-state index in [1.165, 1.54) is 17.0 Å². The summed E-state index contributed by atoms with van der Waals surface area (Å²) in [5.41, 5.74) is 8.43. The van der Waals surface area contributed by atoms with Crippen molar-refractivity contribution in [2.24, 2.45) is 5.73 Å². The van der Waals surface area contributed by atoms with Crippen molar-refractivity contribution in [3.63, 3.8) is 0 Å². The Hall–Kier alpha value is -3.14. The molecule has 36 heavy (non-hydrogen) atoms. The molecular weight excluding hydrogens is 474 g/mol. The molecule has 1 heterocycles. The zero-order valence-corrected chi connectivity index (χ0v) is 22.7. The van der Waals surface area contributed by atoms with Gasteiger partial charge < -0.3 is 30.3 Å². The van der Waals surface area contributed by atoms with Crippen LogP contribution in [0.2, 0.25) is 18.1 Å². The number of nitrogens with zero attached hydrogens (tertiary/aromatic N) is 1. The normalized spacial score (nSPS) is 13.1. The number of carbonyl (C=O) groups is 1. The van der Waals surface area contributed by atoms with Crippen LogP contribution >= 0.6 is 0 Å². The second kappa shape index (κ2) is 10.9. The molecule has 0 fully saturated rings. The van der Waals surface area contributed by atoms with Crippen LogP contribution in [-0.4, -0.2) is 47.6 Å². The topological polar surface area (TPSA) is 129 Å². The van der Waals surface area contributed by atoms with Gasteiger partial charge >= 0.3 is 6.09 Å². The highest BCUT2D eigenvalue weighted by molar-refractivity contribution is 6.74. The van der Waals surface area contributed by atoms with Crippen molar-refractivity contribution in [2.75, 3.05) is 13.1 Å². The molecule has 1 amide bonds. The van der Waals surface area contributed by atoms with E-state index in [4.69, 9.17) is 10.2 Å². The Morgan fingerprint density at radius 2 is 1.72 bits per heavy atom. The second-order valence-corrected chi connectivity index (χ2v) is 15.4. The van der Waals surface area contributed by atoms with Crippen LogP contribution in [0.1, 0.15) is 43.6 Å². The molecule has 9 heteroatoms. The molecule has 0 saturated carbocycles. The number of H-pyrrole nitrogens is 1. The summed E-state index contributed by atoms with van der Waals surface area (Å²) < 4.78 is 6.78. The van der Waals surface area contributed by atoms with Gasteiger partial charge in [-0.05, 0) is 53.4 Å². The number of hydrogen-bond donors (Lipinski definition) is 4. The highest BCUT2D eigenvalue weighted by Crippen LogP contribution is 2.41. The quantitative estimate of drug-likeness (QED) is 0.300. The van der Waals surface area contributed by atoms with Gasteiger partial charge in [-0.1, -0.05) is 51.1 Å². The number of amides is 1. The van der Waals surface area contributed by atoms with Crippen LogP contribution < -0.4 is 11.3 Å². The first kappa shape index (κ1) is 27.4. The SMILES string of the molecule is CC(C)(C)[Si](C)(C)O[C@@H](CN(CCc1ccc(CN)cc1)C(=O)O)c1ccc(O)c2[nH]c(=O)ccc12. The number of phenols is 1. The zero-order valence-electron chi connectivity index (χ0n) is 21.7. The summed E-state index contributed by atoms with van der Waals surface area (Å²) in [5.74, 6) is -0.0476. The average Bonchev–Trinajstić information content (AvgIpc) is 2.81. The molecule has 0 bridgehead atoms. The summed E-state index contributed by atoms with van der Waals surface area (Å²) >= 11 is 0. The van der Waals surface area contributed by atoms with Gasteiger partial charge in [-0.2, -0.15) is 0 Å². The number of aromatic nitrogens is 1. The summed E-state index contributed by atoms with van der Waals surface area (Å²) in [6.45, 7) is 11.5. The van der Waals surface area contributed by atoms with Gasteiger partial charge in [0.15, 0.2) is 8.32 Å². The molecule has 0 aliphatic rings. The lowest BCUT2D eigenvalue weighted by Crippen LogP contribution is -2.45. The molecule has 1 aromatic heterocycles. The van der Waals surface area contributed by atoms with Crippen molar-refractivity contribution in [2.45, 2.75) is 58.0 Å². The van der Waals surface area contributed by atoms with E-state index in [9.17, 15) is 19.8 Å². The van der Waals surface area contributed by atoms with E-state index in [2.05, 4.69) is 38.8 Å². The molecule has 0 radical (unpaired) electrons. The molecule has 8 nitrogen and oxygen atoms in total. The maximum absolute atomic E-state index is 12.3. The first-order valence-electron chi connectivity index (χ1n) is 12.1. The number of fused-ring (bicyclic) bond motifs is 1. The van der Waals surface area contributed by atoms with Gasteiger partial charge in [0.2, 0.25) is 5.56 Å². The third-order valence-electron chi connectivity index (χ3n) is 7.08. The first-order chi connectivity index (χ1) is 16.8. The summed E-state index contributed by atoms with van der Waals surface area (Å²) in [6.07, 6.45) is -1.07. The number of rotatable bonds is 9. The van der Waals surface area contributed by atoms with Crippen LogP contribution in [0.5, 0.6) is 5.75 Å². The Bertz CT molecular complexity index is 1270. The number of pyridine rings is 1. The number of aromatic amines is 1. The van der Waals surface area contributed by atoms with E-state index < -0.39 is 20.5 Å². The van der Waals surface area contributed by atoms with Crippen LogP contribution in [0.25, 0.3) is 10.9 Å². The molecule has 3 rings (SSSR count). The molecule has 3 aromatic rings. The van der Waals surface area contributed by atoms with Gasteiger partial charge in [-0.25, -0.2) is 4.79 Å². The minimum absolute atomic E-state index is 0.0476.